The fourth-order valence-electron chi connectivity index (χ4n) is 3.40. The third-order valence-electron chi connectivity index (χ3n) is 4.96. The van der Waals surface area contributed by atoms with Crippen molar-refractivity contribution in [1.82, 2.24) is 9.80 Å². The average Bonchev–Trinajstić information content (AvgIpc) is 2.71. The van der Waals surface area contributed by atoms with E-state index < -0.39 is 5.60 Å². The van der Waals surface area contributed by atoms with Gasteiger partial charge in [-0.05, 0) is 67.4 Å². The van der Waals surface area contributed by atoms with Crippen LogP contribution in [0.2, 0.25) is 0 Å². The number of hydrogen-bond acceptors (Lipinski definition) is 4. The molecule has 2 aromatic rings. The van der Waals surface area contributed by atoms with Gasteiger partial charge in [0.05, 0.1) is 5.56 Å². The second-order valence-corrected chi connectivity index (χ2v) is 9.54. The minimum Gasteiger partial charge on any atom is -0.489 e. The van der Waals surface area contributed by atoms with Gasteiger partial charge >= 0.3 is 6.09 Å². The molecule has 0 radical (unpaired) electrons. The molecule has 166 valence electrons. The van der Waals surface area contributed by atoms with E-state index in [4.69, 9.17) is 9.47 Å². The molecule has 0 aromatic heterocycles. The monoisotopic (exact) mass is 488 g/mol. The van der Waals surface area contributed by atoms with E-state index in [1.807, 2.05) is 64.1 Å². The van der Waals surface area contributed by atoms with Gasteiger partial charge in [0.25, 0.3) is 5.91 Å². The van der Waals surface area contributed by atoms with Crippen LogP contribution in [0.25, 0.3) is 0 Å². The van der Waals surface area contributed by atoms with Crippen LogP contribution in [-0.4, -0.2) is 53.1 Å². The highest BCUT2D eigenvalue weighted by Gasteiger charge is 2.33. The second kappa shape index (κ2) is 9.73. The number of nitrogens with zero attached hydrogens (tertiary/aromatic N) is 2. The Labute approximate surface area is 192 Å². The lowest BCUT2D eigenvalue weighted by molar-refractivity contribution is 0.00197. The smallest absolute Gasteiger partial charge is 0.410 e. The van der Waals surface area contributed by atoms with Crippen molar-refractivity contribution in [2.24, 2.45) is 0 Å². The molecule has 1 heterocycles. The highest BCUT2D eigenvalue weighted by molar-refractivity contribution is 9.10. The first kappa shape index (κ1) is 23.1. The van der Waals surface area contributed by atoms with Crippen molar-refractivity contribution in [3.8, 4) is 5.75 Å². The molecule has 31 heavy (non-hydrogen) atoms. The Morgan fingerprint density at radius 2 is 1.81 bits per heavy atom. The highest BCUT2D eigenvalue weighted by Crippen LogP contribution is 2.26. The summed E-state index contributed by atoms with van der Waals surface area (Å²) >= 11 is 3.51. The second-order valence-electron chi connectivity index (χ2n) is 8.69. The zero-order valence-electron chi connectivity index (χ0n) is 18.4. The number of ether oxygens (including phenoxy) is 2. The highest BCUT2D eigenvalue weighted by atomic mass is 79.9. The van der Waals surface area contributed by atoms with Gasteiger partial charge in [-0.3, -0.25) is 4.79 Å². The predicted octanol–water partition coefficient (Wildman–Crippen LogP) is 5.11. The van der Waals surface area contributed by atoms with Crippen LogP contribution in [0.3, 0.4) is 0 Å². The maximum absolute atomic E-state index is 13.1. The molecule has 1 fully saturated rings. The topological polar surface area (TPSA) is 59.1 Å². The quantitative estimate of drug-likeness (QED) is 0.599. The fraction of sp³-hybridized carbons (Fsp3) is 0.417. The van der Waals surface area contributed by atoms with Gasteiger partial charge in [-0.2, -0.15) is 0 Å². The number of halogens is 1. The molecule has 1 aliphatic rings. The summed E-state index contributed by atoms with van der Waals surface area (Å²) in [6.07, 6.45) is -0.340. The maximum atomic E-state index is 13.1. The lowest BCUT2D eigenvalue weighted by atomic mass is 10.1. The maximum Gasteiger partial charge on any atom is 0.410 e. The first-order valence-electron chi connectivity index (χ1n) is 10.4. The van der Waals surface area contributed by atoms with Crippen molar-refractivity contribution in [3.05, 3.63) is 64.1 Å². The van der Waals surface area contributed by atoms with Gasteiger partial charge in [-0.1, -0.05) is 30.3 Å². The van der Waals surface area contributed by atoms with Crippen molar-refractivity contribution in [2.75, 3.05) is 19.6 Å². The van der Waals surface area contributed by atoms with Gasteiger partial charge in [0.2, 0.25) is 0 Å². The van der Waals surface area contributed by atoms with Crippen LogP contribution in [0.4, 0.5) is 4.79 Å². The summed E-state index contributed by atoms with van der Waals surface area (Å²) < 4.78 is 12.0. The molecule has 1 atom stereocenters. The number of rotatable bonds is 4. The molecule has 1 saturated heterocycles. The summed E-state index contributed by atoms with van der Waals surface area (Å²) in [5, 5.41) is 0. The molecule has 0 N–H and O–H groups in total. The van der Waals surface area contributed by atoms with Gasteiger partial charge in [0, 0.05) is 30.1 Å². The molecule has 2 amide bonds. The number of benzene rings is 2. The normalized spacial score (nSPS) is 16.7. The molecule has 0 aliphatic carbocycles. The Bertz CT molecular complexity index is 927. The van der Waals surface area contributed by atoms with Gasteiger partial charge in [0.1, 0.15) is 18.0 Å². The van der Waals surface area contributed by atoms with Gasteiger partial charge in [-0.15, -0.1) is 0 Å². The van der Waals surface area contributed by atoms with Crippen LogP contribution in [-0.2, 0) is 11.3 Å². The Morgan fingerprint density at radius 3 is 2.42 bits per heavy atom. The lowest BCUT2D eigenvalue weighted by Crippen LogP contribution is -2.56. The zero-order chi connectivity index (χ0) is 22.6. The third kappa shape index (κ3) is 6.23. The van der Waals surface area contributed by atoms with Crippen LogP contribution in [0.5, 0.6) is 5.75 Å². The Morgan fingerprint density at radius 1 is 1.10 bits per heavy atom. The minimum absolute atomic E-state index is 0.0721. The number of carbonyl (C=O) groups excluding carboxylic acids is 2. The average molecular weight is 489 g/mol. The molecular weight excluding hydrogens is 460 g/mol. The van der Waals surface area contributed by atoms with E-state index >= 15 is 0 Å². The van der Waals surface area contributed by atoms with Crippen molar-refractivity contribution in [1.29, 1.82) is 0 Å². The lowest BCUT2D eigenvalue weighted by Gasteiger charge is -2.40. The van der Waals surface area contributed by atoms with Crippen LogP contribution in [0, 0.1) is 0 Å². The summed E-state index contributed by atoms with van der Waals surface area (Å²) in [5.41, 5.74) is 1.11. The van der Waals surface area contributed by atoms with E-state index in [9.17, 15) is 9.59 Å². The SMILES string of the molecule is CC1CN(C(=O)c2ccc(OCc3ccccc3)cc2Br)CCN1C(=O)OC(C)(C)C. The van der Waals surface area contributed by atoms with Crippen LogP contribution < -0.4 is 4.74 Å². The summed E-state index contributed by atoms with van der Waals surface area (Å²) in [5.74, 6) is 0.618. The van der Waals surface area contributed by atoms with Crippen LogP contribution in [0.15, 0.2) is 53.0 Å². The molecule has 1 aliphatic heterocycles. The predicted molar refractivity (Wildman–Crippen MR) is 123 cm³/mol. The molecule has 1 unspecified atom stereocenters. The minimum atomic E-state index is -0.543. The summed E-state index contributed by atoms with van der Waals surface area (Å²) in [4.78, 5) is 28.9. The Hall–Kier alpha value is -2.54. The molecule has 7 heteroatoms. The van der Waals surface area contributed by atoms with Gasteiger partial charge in [-0.25, -0.2) is 4.79 Å². The molecule has 0 bridgehead atoms. The molecule has 6 nitrogen and oxygen atoms in total. The third-order valence-corrected chi connectivity index (χ3v) is 5.62. The fourth-order valence-corrected chi connectivity index (χ4v) is 3.93. The summed E-state index contributed by atoms with van der Waals surface area (Å²) in [7, 11) is 0. The van der Waals surface area contributed by atoms with E-state index in [0.717, 1.165) is 5.56 Å². The number of carbonyl (C=O) groups is 2. The first-order chi connectivity index (χ1) is 14.6. The Balaban J connectivity index is 1.60. The van der Waals surface area contributed by atoms with Gasteiger partial charge in [0.15, 0.2) is 0 Å². The molecule has 0 spiro atoms. The van der Waals surface area contributed by atoms with Crippen LogP contribution >= 0.6 is 15.9 Å². The molecule has 0 saturated carbocycles. The van der Waals surface area contributed by atoms with Crippen molar-refractivity contribution in [3.63, 3.8) is 0 Å². The van der Waals surface area contributed by atoms with E-state index in [0.29, 0.717) is 42.0 Å². The van der Waals surface area contributed by atoms with E-state index in [1.54, 1.807) is 21.9 Å². The van der Waals surface area contributed by atoms with Crippen LogP contribution in [0.1, 0.15) is 43.6 Å². The summed E-state index contributed by atoms with van der Waals surface area (Å²) in [6, 6.07) is 15.2. The van der Waals surface area contributed by atoms with Crippen molar-refractivity contribution in [2.45, 2.75) is 45.9 Å². The Kier molecular flexibility index (Phi) is 7.26. The number of amides is 2. The largest absolute Gasteiger partial charge is 0.489 e. The van der Waals surface area contributed by atoms with Gasteiger partial charge < -0.3 is 19.3 Å². The number of piperazine rings is 1. The summed E-state index contributed by atoms with van der Waals surface area (Å²) in [6.45, 7) is 9.29. The van der Waals surface area contributed by atoms with Crippen molar-refractivity contribution < 1.29 is 19.1 Å². The van der Waals surface area contributed by atoms with E-state index in [2.05, 4.69) is 15.9 Å². The molecule has 2 aromatic carbocycles. The zero-order valence-corrected chi connectivity index (χ0v) is 20.0. The molecular formula is C24H29BrN2O4. The molecule has 3 rings (SSSR count). The number of hydrogen-bond donors (Lipinski definition) is 0. The first-order valence-corrected chi connectivity index (χ1v) is 11.2. The van der Waals surface area contributed by atoms with E-state index in [1.165, 1.54) is 0 Å². The van der Waals surface area contributed by atoms with Crippen molar-refractivity contribution >= 4 is 27.9 Å². The van der Waals surface area contributed by atoms with E-state index in [-0.39, 0.29) is 18.0 Å². The standard InChI is InChI=1S/C24H29BrN2O4/c1-17-15-26(12-13-27(17)23(29)31-24(2,3)4)22(28)20-11-10-19(14-21(20)25)30-16-18-8-6-5-7-9-18/h5-11,14,17H,12-13,15-16H2,1-4H3.